The topological polar surface area (TPSA) is 135 Å². The zero-order valence-electron chi connectivity index (χ0n) is 24.8. The second-order valence-electron chi connectivity index (χ2n) is 10.4. The summed E-state index contributed by atoms with van der Waals surface area (Å²) in [5.74, 6) is -0.389. The van der Waals surface area contributed by atoms with E-state index in [0.29, 0.717) is 32.6 Å². The molecule has 0 unspecified atom stereocenters. The van der Waals surface area contributed by atoms with Crippen molar-refractivity contribution < 1.29 is 32.5 Å². The number of hydrogen-bond acceptors (Lipinski definition) is 7. The van der Waals surface area contributed by atoms with Crippen LogP contribution >= 0.6 is 7.82 Å². The number of hydrogen-bond donors (Lipinski definition) is 3. The molecule has 1 heterocycles. The molecule has 0 aliphatic carbocycles. The molecule has 0 saturated carbocycles. The average molecular weight is 623 g/mol. The van der Waals surface area contributed by atoms with Gasteiger partial charge in [0.15, 0.2) is 0 Å². The minimum atomic E-state index is -4.03. The smallest absolute Gasteiger partial charge is 0.404 e. The van der Waals surface area contributed by atoms with Crippen molar-refractivity contribution in [1.29, 1.82) is 0 Å². The van der Waals surface area contributed by atoms with Gasteiger partial charge in [-0.15, -0.1) is 0 Å². The average Bonchev–Trinajstić information content (AvgIpc) is 3.03. The third-order valence-electron chi connectivity index (χ3n) is 6.81. The van der Waals surface area contributed by atoms with E-state index in [9.17, 15) is 18.9 Å². The van der Waals surface area contributed by atoms with Crippen molar-refractivity contribution in [3.8, 4) is 5.75 Å². The first-order valence-electron chi connectivity index (χ1n) is 14.6. The summed E-state index contributed by atoms with van der Waals surface area (Å²) in [6.45, 7) is 3.70. The zero-order valence-corrected chi connectivity index (χ0v) is 25.7. The molecule has 3 N–H and O–H groups in total. The van der Waals surface area contributed by atoms with E-state index in [4.69, 9.17) is 13.6 Å². The molecule has 1 aliphatic rings. The number of urea groups is 1. The molecule has 1 aliphatic heterocycles. The molecule has 0 radical (unpaired) electrons. The molecule has 3 aromatic rings. The fourth-order valence-corrected chi connectivity index (χ4v) is 5.72. The highest BCUT2D eigenvalue weighted by Gasteiger charge is 2.29. The van der Waals surface area contributed by atoms with Crippen molar-refractivity contribution in [2.24, 2.45) is 0 Å². The highest BCUT2D eigenvalue weighted by molar-refractivity contribution is 7.48. The van der Waals surface area contributed by atoms with Crippen LogP contribution in [0.1, 0.15) is 36.5 Å². The van der Waals surface area contributed by atoms with Gasteiger partial charge in [-0.1, -0.05) is 72.8 Å². The summed E-state index contributed by atoms with van der Waals surface area (Å²) in [5.41, 5.74) is 2.38. The van der Waals surface area contributed by atoms with Gasteiger partial charge in [0.25, 0.3) is 0 Å². The monoisotopic (exact) mass is 622 g/mol. The largest absolute Gasteiger partial charge is 0.530 e. The lowest BCUT2D eigenvalue weighted by Crippen LogP contribution is -2.49. The van der Waals surface area contributed by atoms with E-state index in [1.165, 1.54) is 6.92 Å². The van der Waals surface area contributed by atoms with E-state index in [1.807, 2.05) is 60.7 Å². The summed E-state index contributed by atoms with van der Waals surface area (Å²) in [5, 5.41) is 8.36. The van der Waals surface area contributed by atoms with Crippen LogP contribution in [-0.2, 0) is 42.8 Å². The fourth-order valence-electron chi connectivity index (χ4n) is 4.55. The van der Waals surface area contributed by atoms with Crippen LogP contribution in [0, 0.1) is 0 Å². The lowest BCUT2D eigenvalue weighted by atomic mass is 10.0. The van der Waals surface area contributed by atoms with Crippen molar-refractivity contribution >= 4 is 25.7 Å². The molecule has 11 nitrogen and oxygen atoms in total. The molecule has 44 heavy (non-hydrogen) atoms. The molecule has 4 rings (SSSR count). The van der Waals surface area contributed by atoms with Crippen LogP contribution in [0.4, 0.5) is 4.79 Å². The Morgan fingerprint density at radius 3 is 2.09 bits per heavy atom. The van der Waals surface area contributed by atoms with Crippen molar-refractivity contribution in [1.82, 2.24) is 20.9 Å². The van der Waals surface area contributed by atoms with Crippen LogP contribution < -0.4 is 20.5 Å². The first-order chi connectivity index (χ1) is 21.3. The van der Waals surface area contributed by atoms with Gasteiger partial charge in [0.1, 0.15) is 11.8 Å². The number of nitrogens with one attached hydrogen (secondary N) is 3. The van der Waals surface area contributed by atoms with E-state index in [2.05, 4.69) is 16.0 Å². The highest BCUT2D eigenvalue weighted by atomic mass is 31.2. The Labute approximate surface area is 257 Å². The Hall–Kier alpha value is -4.18. The van der Waals surface area contributed by atoms with Crippen LogP contribution in [0.2, 0.25) is 0 Å². The van der Waals surface area contributed by atoms with Crippen molar-refractivity contribution in [2.45, 2.75) is 45.4 Å². The molecule has 0 bridgehead atoms. The number of rotatable bonds is 16. The summed E-state index contributed by atoms with van der Waals surface area (Å²) >= 11 is 0. The second-order valence-corrected chi connectivity index (χ2v) is 12.0. The summed E-state index contributed by atoms with van der Waals surface area (Å²) in [6, 6.07) is 24.4. The summed E-state index contributed by atoms with van der Waals surface area (Å²) in [4.78, 5) is 38.4. The van der Waals surface area contributed by atoms with Crippen LogP contribution in [-0.4, -0.2) is 55.0 Å². The summed E-state index contributed by atoms with van der Waals surface area (Å²) < 4.78 is 30.8. The SMILES string of the molecule is CC(=O)N[C@@H](Cc1ccc(OP(=O)(OCc2ccccc2)OCc2ccccc2)cc1)C(=O)NCCCN1CCCNC1=O. The lowest BCUT2D eigenvalue weighted by Gasteiger charge is -2.27. The fraction of sp³-hybridized carbons (Fsp3) is 0.344. The van der Waals surface area contributed by atoms with Crippen LogP contribution in [0.25, 0.3) is 0 Å². The number of phosphoric ester groups is 1. The molecule has 1 fully saturated rings. The molecular weight excluding hydrogens is 583 g/mol. The third-order valence-corrected chi connectivity index (χ3v) is 8.14. The Balaban J connectivity index is 1.34. The third kappa shape index (κ3) is 10.8. The molecule has 12 heteroatoms. The number of nitrogens with zero attached hydrogens (tertiary/aromatic N) is 1. The quantitative estimate of drug-likeness (QED) is 0.157. The van der Waals surface area contributed by atoms with Gasteiger partial charge in [-0.2, -0.15) is 0 Å². The number of phosphoric acid groups is 1. The first-order valence-corrected chi connectivity index (χ1v) is 16.1. The molecule has 0 aromatic heterocycles. The Morgan fingerprint density at radius 2 is 1.52 bits per heavy atom. The van der Waals surface area contributed by atoms with Gasteiger partial charge in [0.05, 0.1) is 13.2 Å². The standard InChI is InChI=1S/C32H39N4O7P/c1-25(37)35-30(31(38)33-18-8-20-36-21-9-19-34-32(36)39)22-26-14-16-29(17-15-26)43-44(40,41-23-27-10-4-2-5-11-27)42-24-28-12-6-3-7-13-28/h2-7,10-17,30H,8-9,18-24H2,1H3,(H,33,38)(H,34,39)(H,35,37)/t30-/m0/s1. The molecule has 3 aromatic carbocycles. The van der Waals surface area contributed by atoms with Crippen molar-refractivity contribution in [3.63, 3.8) is 0 Å². The predicted octanol–water partition coefficient (Wildman–Crippen LogP) is 4.58. The Bertz CT molecular complexity index is 1360. The van der Waals surface area contributed by atoms with Gasteiger partial charge in [0, 0.05) is 39.5 Å². The normalized spacial score (nSPS) is 13.9. The Morgan fingerprint density at radius 1 is 0.909 bits per heavy atom. The zero-order chi connectivity index (χ0) is 31.2. The maximum absolute atomic E-state index is 13.7. The lowest BCUT2D eigenvalue weighted by molar-refractivity contribution is -0.128. The molecule has 1 atom stereocenters. The van der Waals surface area contributed by atoms with Gasteiger partial charge in [0.2, 0.25) is 11.8 Å². The van der Waals surface area contributed by atoms with Crippen LogP contribution in [0.3, 0.4) is 0 Å². The molecular formula is C32H39N4O7P. The van der Waals surface area contributed by atoms with Crippen LogP contribution in [0.15, 0.2) is 84.9 Å². The molecule has 234 valence electrons. The van der Waals surface area contributed by atoms with E-state index >= 15 is 0 Å². The van der Waals surface area contributed by atoms with Gasteiger partial charge in [-0.3, -0.25) is 18.6 Å². The van der Waals surface area contributed by atoms with Crippen molar-refractivity contribution in [2.75, 3.05) is 26.2 Å². The van der Waals surface area contributed by atoms with Crippen LogP contribution in [0.5, 0.6) is 5.75 Å². The highest BCUT2D eigenvalue weighted by Crippen LogP contribution is 2.51. The van der Waals surface area contributed by atoms with Gasteiger partial charge < -0.3 is 25.4 Å². The number of benzene rings is 3. The molecule has 1 saturated heterocycles. The van der Waals surface area contributed by atoms with Crippen molar-refractivity contribution in [3.05, 3.63) is 102 Å². The number of carbonyl (C=O) groups excluding carboxylic acids is 3. The Kier molecular flexibility index (Phi) is 12.4. The minimum absolute atomic E-state index is 0.0315. The van der Waals surface area contributed by atoms with Gasteiger partial charge in [-0.05, 0) is 41.7 Å². The first kappa shape index (κ1) is 32.7. The predicted molar refractivity (Wildman–Crippen MR) is 166 cm³/mol. The maximum Gasteiger partial charge on any atom is 0.530 e. The minimum Gasteiger partial charge on any atom is -0.404 e. The summed E-state index contributed by atoms with van der Waals surface area (Å²) in [7, 11) is -4.03. The van der Waals surface area contributed by atoms with E-state index < -0.39 is 13.9 Å². The molecule has 4 amide bonds. The summed E-state index contributed by atoms with van der Waals surface area (Å²) in [6.07, 6.45) is 1.72. The van der Waals surface area contributed by atoms with E-state index in [1.54, 1.807) is 29.2 Å². The van der Waals surface area contributed by atoms with Gasteiger partial charge >= 0.3 is 13.9 Å². The number of carbonyl (C=O) groups is 3. The second kappa shape index (κ2) is 16.6. The van der Waals surface area contributed by atoms with E-state index in [-0.39, 0.29) is 43.2 Å². The van der Waals surface area contributed by atoms with E-state index in [0.717, 1.165) is 23.1 Å². The van der Waals surface area contributed by atoms with Gasteiger partial charge in [-0.25, -0.2) is 9.36 Å². The maximum atomic E-state index is 13.7. The molecule has 0 spiro atoms. The number of amides is 4.